The Morgan fingerprint density at radius 2 is 2.17 bits per heavy atom. The summed E-state index contributed by atoms with van der Waals surface area (Å²) in [7, 11) is 0. The van der Waals surface area contributed by atoms with E-state index in [-0.39, 0.29) is 17.2 Å². The van der Waals surface area contributed by atoms with Crippen LogP contribution in [0.3, 0.4) is 0 Å². The molecule has 3 aromatic rings. The van der Waals surface area contributed by atoms with E-state index in [9.17, 15) is 9.18 Å². The number of aryl methyl sites for hydroxylation is 1. The van der Waals surface area contributed by atoms with Gasteiger partial charge in [0.2, 0.25) is 0 Å². The minimum Gasteiger partial charge on any atom is -0.457 e. The number of fused-ring (bicyclic) bond motifs is 1. The van der Waals surface area contributed by atoms with Crippen molar-refractivity contribution in [1.29, 1.82) is 0 Å². The molecule has 0 bridgehead atoms. The summed E-state index contributed by atoms with van der Waals surface area (Å²) in [6, 6.07) is 9.29. The molecule has 0 amide bonds. The molecular weight excluding hydrogens is 321 g/mol. The lowest BCUT2D eigenvalue weighted by molar-refractivity contribution is 0.0469. The van der Waals surface area contributed by atoms with Crippen LogP contribution >= 0.6 is 11.6 Å². The summed E-state index contributed by atoms with van der Waals surface area (Å²) in [6.45, 7) is 2.41. The van der Waals surface area contributed by atoms with E-state index in [4.69, 9.17) is 16.3 Å². The monoisotopic (exact) mass is 333 g/mol. The van der Waals surface area contributed by atoms with Gasteiger partial charge in [-0.15, -0.1) is 5.10 Å². The van der Waals surface area contributed by atoms with E-state index in [1.54, 1.807) is 28.9 Å². The van der Waals surface area contributed by atoms with Crippen molar-refractivity contribution in [3.05, 3.63) is 58.4 Å². The van der Waals surface area contributed by atoms with E-state index in [1.807, 2.05) is 6.92 Å². The van der Waals surface area contributed by atoms with Gasteiger partial charge < -0.3 is 4.74 Å². The Morgan fingerprint density at radius 1 is 1.35 bits per heavy atom. The largest absolute Gasteiger partial charge is 0.457 e. The maximum Gasteiger partial charge on any atom is 0.338 e. The summed E-state index contributed by atoms with van der Waals surface area (Å²) in [5, 5.41) is 8.20. The highest BCUT2D eigenvalue weighted by atomic mass is 35.5. The number of aromatic nitrogens is 3. The second-order valence-corrected chi connectivity index (χ2v) is 5.29. The number of rotatable bonds is 4. The summed E-state index contributed by atoms with van der Waals surface area (Å²) in [4.78, 5) is 12.1. The van der Waals surface area contributed by atoms with Gasteiger partial charge in [0, 0.05) is 12.1 Å². The Balaban J connectivity index is 1.78. The lowest BCUT2D eigenvalue weighted by atomic mass is 10.2. The first-order chi connectivity index (χ1) is 11.1. The number of hydrogen-bond donors (Lipinski definition) is 0. The minimum atomic E-state index is -0.572. The van der Waals surface area contributed by atoms with E-state index < -0.39 is 11.8 Å². The summed E-state index contributed by atoms with van der Waals surface area (Å²) < 4.78 is 20.5. The Bertz CT molecular complexity index is 859. The van der Waals surface area contributed by atoms with Crippen molar-refractivity contribution >= 4 is 28.6 Å². The Morgan fingerprint density at radius 3 is 2.91 bits per heavy atom. The summed E-state index contributed by atoms with van der Waals surface area (Å²) in [5.74, 6) is -1.08. The van der Waals surface area contributed by atoms with Gasteiger partial charge in [0.1, 0.15) is 17.9 Å². The zero-order valence-corrected chi connectivity index (χ0v) is 13.0. The maximum atomic E-state index is 13.7. The van der Waals surface area contributed by atoms with E-state index in [0.717, 1.165) is 5.52 Å². The Kier molecular flexibility index (Phi) is 4.25. The molecule has 23 heavy (non-hydrogen) atoms. The number of carbonyl (C=O) groups is 1. The van der Waals surface area contributed by atoms with Gasteiger partial charge in [0.25, 0.3) is 0 Å². The van der Waals surface area contributed by atoms with Crippen molar-refractivity contribution in [2.45, 2.75) is 20.1 Å². The molecule has 0 spiro atoms. The van der Waals surface area contributed by atoms with Crippen molar-refractivity contribution in [2.24, 2.45) is 0 Å². The van der Waals surface area contributed by atoms with Crippen molar-refractivity contribution in [1.82, 2.24) is 15.0 Å². The molecule has 118 valence electrons. The van der Waals surface area contributed by atoms with Crippen LogP contribution in [-0.4, -0.2) is 21.0 Å². The topological polar surface area (TPSA) is 57.0 Å². The third kappa shape index (κ3) is 3.03. The highest BCUT2D eigenvalue weighted by Crippen LogP contribution is 2.21. The van der Waals surface area contributed by atoms with Crippen LogP contribution in [-0.2, 0) is 17.9 Å². The molecule has 7 heteroatoms. The molecule has 1 heterocycles. The predicted octanol–water partition coefficient (Wildman–Crippen LogP) is 3.60. The van der Waals surface area contributed by atoms with Crippen molar-refractivity contribution < 1.29 is 13.9 Å². The first-order valence-electron chi connectivity index (χ1n) is 7.03. The number of carbonyl (C=O) groups excluding carboxylic acids is 1. The van der Waals surface area contributed by atoms with E-state index in [1.165, 1.54) is 12.1 Å². The van der Waals surface area contributed by atoms with Crippen LogP contribution in [0.1, 0.15) is 22.8 Å². The van der Waals surface area contributed by atoms with E-state index in [0.29, 0.717) is 17.6 Å². The highest BCUT2D eigenvalue weighted by molar-refractivity contribution is 6.31. The number of halogens is 2. The molecular formula is C16H13ClFN3O2. The number of hydrogen-bond acceptors (Lipinski definition) is 4. The van der Waals surface area contributed by atoms with Gasteiger partial charge in [-0.2, -0.15) is 0 Å². The molecule has 5 nitrogen and oxygen atoms in total. The molecule has 0 N–H and O–H groups in total. The van der Waals surface area contributed by atoms with Crippen LogP contribution in [0.15, 0.2) is 36.4 Å². The first kappa shape index (κ1) is 15.4. The van der Waals surface area contributed by atoms with Gasteiger partial charge in [-0.3, -0.25) is 0 Å². The summed E-state index contributed by atoms with van der Waals surface area (Å²) in [6.07, 6.45) is 0. The normalized spacial score (nSPS) is 10.9. The number of benzene rings is 2. The SMILES string of the molecule is CCn1nnc2cc(C(=O)OCc3c(F)cccc3Cl)ccc21. The molecule has 0 radical (unpaired) electrons. The van der Waals surface area contributed by atoms with Crippen molar-refractivity contribution in [2.75, 3.05) is 0 Å². The predicted molar refractivity (Wildman–Crippen MR) is 83.7 cm³/mol. The zero-order chi connectivity index (χ0) is 16.4. The van der Waals surface area contributed by atoms with E-state index >= 15 is 0 Å². The third-order valence-electron chi connectivity index (χ3n) is 3.46. The van der Waals surface area contributed by atoms with Gasteiger partial charge >= 0.3 is 5.97 Å². The summed E-state index contributed by atoms with van der Waals surface area (Å²) >= 11 is 5.90. The van der Waals surface area contributed by atoms with Crippen LogP contribution in [0.5, 0.6) is 0 Å². The van der Waals surface area contributed by atoms with Gasteiger partial charge in [-0.05, 0) is 37.3 Å². The first-order valence-corrected chi connectivity index (χ1v) is 7.41. The molecule has 0 aliphatic rings. The molecule has 0 aliphatic carbocycles. The Hall–Kier alpha value is -2.47. The van der Waals surface area contributed by atoms with Crippen LogP contribution in [0, 0.1) is 5.82 Å². The molecule has 0 saturated carbocycles. The van der Waals surface area contributed by atoms with Gasteiger partial charge in [0.05, 0.1) is 16.1 Å². The van der Waals surface area contributed by atoms with Gasteiger partial charge in [-0.25, -0.2) is 13.9 Å². The number of ether oxygens (including phenoxy) is 1. The fourth-order valence-electron chi connectivity index (χ4n) is 2.22. The van der Waals surface area contributed by atoms with Crippen LogP contribution in [0.4, 0.5) is 4.39 Å². The zero-order valence-electron chi connectivity index (χ0n) is 12.3. The molecule has 0 unspecified atom stereocenters. The maximum absolute atomic E-state index is 13.7. The van der Waals surface area contributed by atoms with Crippen LogP contribution in [0.25, 0.3) is 11.0 Å². The fourth-order valence-corrected chi connectivity index (χ4v) is 2.44. The van der Waals surface area contributed by atoms with E-state index in [2.05, 4.69) is 10.3 Å². The lowest BCUT2D eigenvalue weighted by Crippen LogP contribution is -2.06. The molecule has 0 saturated heterocycles. The second-order valence-electron chi connectivity index (χ2n) is 4.89. The van der Waals surface area contributed by atoms with Crippen LogP contribution < -0.4 is 0 Å². The molecule has 3 rings (SSSR count). The number of esters is 1. The third-order valence-corrected chi connectivity index (χ3v) is 3.81. The summed E-state index contributed by atoms with van der Waals surface area (Å²) in [5.41, 5.74) is 1.92. The second kappa shape index (κ2) is 6.34. The molecule has 0 fully saturated rings. The standard InChI is InChI=1S/C16H13ClFN3O2/c1-2-21-15-7-6-10(8-14(15)19-20-21)16(22)23-9-11-12(17)4-3-5-13(11)18/h3-8H,2,9H2,1H3. The number of nitrogens with zero attached hydrogens (tertiary/aromatic N) is 3. The van der Waals surface area contributed by atoms with Gasteiger partial charge in [0.15, 0.2) is 0 Å². The average molecular weight is 334 g/mol. The molecule has 1 aromatic heterocycles. The van der Waals surface area contributed by atoms with Crippen molar-refractivity contribution in [3.8, 4) is 0 Å². The molecule has 2 aromatic carbocycles. The highest BCUT2D eigenvalue weighted by Gasteiger charge is 2.13. The lowest BCUT2D eigenvalue weighted by Gasteiger charge is -2.07. The fraction of sp³-hybridized carbons (Fsp3) is 0.188. The molecule has 0 aliphatic heterocycles. The molecule has 0 atom stereocenters. The van der Waals surface area contributed by atoms with Gasteiger partial charge in [-0.1, -0.05) is 22.9 Å². The average Bonchev–Trinajstić information content (AvgIpc) is 2.96. The minimum absolute atomic E-state index is 0.153. The van der Waals surface area contributed by atoms with Crippen LogP contribution in [0.2, 0.25) is 5.02 Å². The quantitative estimate of drug-likeness (QED) is 0.684. The smallest absolute Gasteiger partial charge is 0.338 e. The van der Waals surface area contributed by atoms with Crippen molar-refractivity contribution in [3.63, 3.8) is 0 Å². The Labute approximate surface area is 136 Å².